The number of anilines is 1. The van der Waals surface area contributed by atoms with Gasteiger partial charge in [-0.05, 0) is 91.2 Å². The Balaban J connectivity index is 1.87. The number of likely N-dealkylation sites (N-methyl/N-ethyl adjacent to an activating group) is 1. The van der Waals surface area contributed by atoms with Crippen LogP contribution in [0.1, 0.15) is 95.3 Å². The molecule has 0 aromatic heterocycles. The zero-order valence-corrected chi connectivity index (χ0v) is 28.6. The fraction of sp³-hybridized carbons (Fsp3) is 0.743. The predicted molar refractivity (Wildman–Crippen MR) is 178 cm³/mol. The summed E-state index contributed by atoms with van der Waals surface area (Å²) in [5.74, 6) is 0.208. The highest BCUT2D eigenvalue weighted by atomic mass is 16.5. The van der Waals surface area contributed by atoms with Gasteiger partial charge < -0.3 is 34.6 Å². The first-order valence-corrected chi connectivity index (χ1v) is 17.0. The van der Waals surface area contributed by atoms with E-state index in [0.717, 1.165) is 57.9 Å². The fourth-order valence-corrected chi connectivity index (χ4v) is 6.26. The lowest BCUT2D eigenvalue weighted by molar-refractivity contribution is -0.138. The molecule has 3 amide bonds. The summed E-state index contributed by atoms with van der Waals surface area (Å²) in [5.41, 5.74) is 0.877. The highest BCUT2D eigenvalue weighted by molar-refractivity contribution is 5.99. The molecular formula is C35H58N4O6. The zero-order chi connectivity index (χ0) is 32.9. The van der Waals surface area contributed by atoms with Gasteiger partial charge in [0, 0.05) is 50.7 Å². The van der Waals surface area contributed by atoms with Crippen molar-refractivity contribution in [2.24, 2.45) is 11.8 Å². The second kappa shape index (κ2) is 18.5. The molecule has 2 N–H and O–H groups in total. The number of benzene rings is 1. The van der Waals surface area contributed by atoms with Crippen molar-refractivity contribution in [2.75, 3.05) is 59.3 Å². The van der Waals surface area contributed by atoms with Crippen LogP contribution < -0.4 is 10.1 Å². The predicted octanol–water partition coefficient (Wildman–Crippen LogP) is 4.80. The molecule has 3 rings (SSSR count). The summed E-state index contributed by atoms with van der Waals surface area (Å²) >= 11 is 0. The minimum atomic E-state index is -0.468. The molecule has 10 heteroatoms. The summed E-state index contributed by atoms with van der Waals surface area (Å²) in [5, 5.41) is 13.2. The Kier molecular flexibility index (Phi) is 15.1. The van der Waals surface area contributed by atoms with Crippen LogP contribution in [0.5, 0.6) is 5.75 Å². The van der Waals surface area contributed by atoms with E-state index >= 15 is 0 Å². The van der Waals surface area contributed by atoms with Crippen molar-refractivity contribution in [3.05, 3.63) is 23.8 Å². The molecule has 1 fully saturated rings. The normalized spacial score (nSPS) is 23.1. The van der Waals surface area contributed by atoms with Crippen LogP contribution in [0.3, 0.4) is 0 Å². The van der Waals surface area contributed by atoms with Crippen LogP contribution in [0.25, 0.3) is 0 Å². The highest BCUT2D eigenvalue weighted by Gasteiger charge is 2.32. The fourth-order valence-electron chi connectivity index (χ4n) is 6.26. The first-order valence-electron chi connectivity index (χ1n) is 17.0. The lowest BCUT2D eigenvalue weighted by Gasteiger charge is -2.36. The van der Waals surface area contributed by atoms with Gasteiger partial charge in [0.15, 0.2) is 0 Å². The lowest BCUT2D eigenvalue weighted by atomic mass is 9.88. The third kappa shape index (κ3) is 11.6. The van der Waals surface area contributed by atoms with Gasteiger partial charge >= 0.3 is 0 Å². The Bertz CT molecular complexity index is 1090. The monoisotopic (exact) mass is 630 g/mol. The maximum atomic E-state index is 14.3. The van der Waals surface area contributed by atoms with Crippen LogP contribution in [0.2, 0.25) is 0 Å². The summed E-state index contributed by atoms with van der Waals surface area (Å²) in [6, 6.07) is 4.75. The Morgan fingerprint density at radius 2 is 1.78 bits per heavy atom. The number of nitrogens with zero attached hydrogens (tertiary/aromatic N) is 3. The summed E-state index contributed by atoms with van der Waals surface area (Å²) in [6.07, 6.45) is 8.53. The van der Waals surface area contributed by atoms with Crippen molar-refractivity contribution in [1.82, 2.24) is 14.7 Å². The number of carbonyl (C=O) groups is 3. The van der Waals surface area contributed by atoms with Crippen LogP contribution in [0, 0.1) is 11.8 Å². The standard InChI is InChI=1S/C35H58N4O6/c1-25-22-39(26(2)24-40)35(43)30-21-29(36-33(41)16-12-19-37(4)5)17-18-31(30)45-27(3)13-10-11-20-44-32(25)23-38(6)34(42)28-14-8-7-9-15-28/h17-18,21,25-28,32,40H,7-16,19-20,22-24H2,1-6H3,(H,36,41)/t25-,26-,27+,32-/m0/s1. The summed E-state index contributed by atoms with van der Waals surface area (Å²) in [4.78, 5) is 45.8. The average molecular weight is 631 g/mol. The Morgan fingerprint density at radius 3 is 2.47 bits per heavy atom. The second-order valence-electron chi connectivity index (χ2n) is 13.5. The molecule has 1 aliphatic heterocycles. The van der Waals surface area contributed by atoms with Crippen molar-refractivity contribution >= 4 is 23.4 Å². The van der Waals surface area contributed by atoms with Crippen molar-refractivity contribution < 1.29 is 29.0 Å². The third-order valence-electron chi connectivity index (χ3n) is 9.13. The van der Waals surface area contributed by atoms with E-state index in [1.165, 1.54) is 6.42 Å². The van der Waals surface area contributed by atoms with E-state index in [9.17, 15) is 19.5 Å². The largest absolute Gasteiger partial charge is 0.490 e. The van der Waals surface area contributed by atoms with E-state index in [0.29, 0.717) is 43.1 Å². The molecule has 254 valence electrons. The van der Waals surface area contributed by atoms with Gasteiger partial charge in [0.1, 0.15) is 5.75 Å². The maximum absolute atomic E-state index is 14.3. The Labute approximate surface area is 270 Å². The number of carbonyl (C=O) groups excluding carboxylic acids is 3. The molecule has 0 bridgehead atoms. The number of hydrogen-bond donors (Lipinski definition) is 2. The molecule has 0 spiro atoms. The maximum Gasteiger partial charge on any atom is 0.258 e. The number of hydrogen-bond acceptors (Lipinski definition) is 7. The van der Waals surface area contributed by atoms with Crippen LogP contribution in [-0.4, -0.2) is 110 Å². The molecule has 4 atom stereocenters. The lowest BCUT2D eigenvalue weighted by Crippen LogP contribution is -2.48. The van der Waals surface area contributed by atoms with Gasteiger partial charge in [0.2, 0.25) is 11.8 Å². The summed E-state index contributed by atoms with van der Waals surface area (Å²) in [6.45, 7) is 7.80. The second-order valence-corrected chi connectivity index (χ2v) is 13.5. The summed E-state index contributed by atoms with van der Waals surface area (Å²) < 4.78 is 12.7. The molecule has 45 heavy (non-hydrogen) atoms. The molecule has 1 aliphatic carbocycles. The topological polar surface area (TPSA) is 112 Å². The summed E-state index contributed by atoms with van der Waals surface area (Å²) in [7, 11) is 5.81. The van der Waals surface area contributed by atoms with Gasteiger partial charge in [-0.3, -0.25) is 14.4 Å². The number of rotatable bonds is 10. The van der Waals surface area contributed by atoms with Gasteiger partial charge in [-0.25, -0.2) is 0 Å². The Morgan fingerprint density at radius 1 is 1.07 bits per heavy atom. The molecule has 0 unspecified atom stereocenters. The third-order valence-corrected chi connectivity index (χ3v) is 9.13. The highest BCUT2D eigenvalue weighted by Crippen LogP contribution is 2.29. The van der Waals surface area contributed by atoms with Crippen LogP contribution in [0.15, 0.2) is 18.2 Å². The molecule has 1 aromatic rings. The van der Waals surface area contributed by atoms with Gasteiger partial charge in [0.25, 0.3) is 5.91 Å². The van der Waals surface area contributed by atoms with Crippen molar-refractivity contribution in [3.8, 4) is 5.75 Å². The molecule has 10 nitrogen and oxygen atoms in total. The van der Waals surface area contributed by atoms with Crippen LogP contribution in [-0.2, 0) is 14.3 Å². The van der Waals surface area contributed by atoms with E-state index in [1.807, 2.05) is 51.7 Å². The molecule has 0 radical (unpaired) electrons. The SMILES string of the molecule is C[C@@H]1CCCCO[C@@H](CN(C)C(=O)C2CCCCC2)[C@@H](C)CN([C@@H](C)CO)C(=O)c2cc(NC(=O)CCCN(C)C)ccc2O1. The quantitative estimate of drug-likeness (QED) is 0.382. The van der Waals surface area contributed by atoms with E-state index in [2.05, 4.69) is 5.32 Å². The van der Waals surface area contributed by atoms with Gasteiger partial charge in [0.05, 0.1) is 30.4 Å². The number of amides is 3. The van der Waals surface area contributed by atoms with E-state index in [4.69, 9.17) is 9.47 Å². The van der Waals surface area contributed by atoms with E-state index in [1.54, 1.807) is 23.1 Å². The van der Waals surface area contributed by atoms with E-state index < -0.39 is 6.04 Å². The molecular weight excluding hydrogens is 572 g/mol. The van der Waals surface area contributed by atoms with Crippen molar-refractivity contribution in [2.45, 2.75) is 103 Å². The smallest absolute Gasteiger partial charge is 0.258 e. The van der Waals surface area contributed by atoms with Crippen molar-refractivity contribution in [3.63, 3.8) is 0 Å². The zero-order valence-electron chi connectivity index (χ0n) is 28.6. The number of fused-ring (bicyclic) bond motifs is 1. The molecule has 2 aliphatic rings. The first-order chi connectivity index (χ1) is 21.5. The van der Waals surface area contributed by atoms with Gasteiger partial charge in [-0.1, -0.05) is 26.2 Å². The molecule has 0 saturated heterocycles. The minimum Gasteiger partial charge on any atom is -0.490 e. The Hall–Kier alpha value is -2.69. The average Bonchev–Trinajstić information content (AvgIpc) is 3.02. The molecule has 1 saturated carbocycles. The van der Waals surface area contributed by atoms with Gasteiger partial charge in [-0.15, -0.1) is 0 Å². The molecule has 1 heterocycles. The van der Waals surface area contributed by atoms with Gasteiger partial charge in [-0.2, -0.15) is 0 Å². The number of ether oxygens (including phenoxy) is 2. The number of nitrogens with one attached hydrogen (secondary N) is 1. The van der Waals surface area contributed by atoms with Crippen LogP contribution in [0.4, 0.5) is 5.69 Å². The molecule has 1 aromatic carbocycles. The van der Waals surface area contributed by atoms with Crippen molar-refractivity contribution in [1.29, 1.82) is 0 Å². The number of aliphatic hydroxyl groups is 1. The minimum absolute atomic E-state index is 0.0747. The first kappa shape index (κ1) is 36.8. The number of aliphatic hydroxyl groups excluding tert-OH is 1. The van der Waals surface area contributed by atoms with E-state index in [-0.39, 0.29) is 48.4 Å². The van der Waals surface area contributed by atoms with Crippen LogP contribution >= 0.6 is 0 Å².